The van der Waals surface area contributed by atoms with Crippen LogP contribution in [-0.2, 0) is 11.2 Å². The number of carbonyl (C=O) groups is 1. The molecular weight excluding hydrogens is 390 g/mol. The van der Waals surface area contributed by atoms with E-state index >= 15 is 0 Å². The second-order valence-corrected chi connectivity index (χ2v) is 7.90. The summed E-state index contributed by atoms with van der Waals surface area (Å²) in [6.07, 6.45) is 4.30. The van der Waals surface area contributed by atoms with Crippen LogP contribution >= 0.6 is 23.1 Å². The molecule has 0 aliphatic rings. The number of ether oxygens (including phenoxy) is 1. The lowest BCUT2D eigenvalue weighted by Crippen LogP contribution is -2.15. The molecule has 0 unspecified atom stereocenters. The fourth-order valence-corrected chi connectivity index (χ4v) is 4.18. The molecule has 7 heteroatoms. The first-order valence-electron chi connectivity index (χ1n) is 8.70. The quantitative estimate of drug-likeness (QED) is 0.457. The number of methoxy groups -OCH3 is 1. The molecule has 0 fully saturated rings. The fourth-order valence-electron chi connectivity index (χ4n) is 2.90. The van der Waals surface area contributed by atoms with Gasteiger partial charge in [0.15, 0.2) is 4.96 Å². The molecule has 0 aliphatic heterocycles. The number of nitrogens with zero attached hydrogens (tertiary/aromatic N) is 2. The first kappa shape index (κ1) is 18.6. The summed E-state index contributed by atoms with van der Waals surface area (Å²) >= 11 is 3.21. The third-order valence-electron chi connectivity index (χ3n) is 4.38. The zero-order valence-electron chi connectivity index (χ0n) is 15.5. The van der Waals surface area contributed by atoms with E-state index in [1.54, 1.807) is 18.9 Å². The average molecular weight is 410 g/mol. The standard InChI is InChI=1S/C21H19N3O2S2/c1-26-17-7-3-14(4-8-17)19-12-24-16(13-28-21(24)23-19)11-20(25)22-15-5-9-18(27-2)10-6-15/h3-10,12-13H,11H2,1-2H3,(H,22,25). The molecule has 0 atom stereocenters. The van der Waals surface area contributed by atoms with Crippen molar-refractivity contribution in [1.29, 1.82) is 0 Å². The number of thioether (sulfide) groups is 1. The van der Waals surface area contributed by atoms with Gasteiger partial charge in [-0.05, 0) is 54.8 Å². The van der Waals surface area contributed by atoms with Gasteiger partial charge in [-0.15, -0.1) is 23.1 Å². The molecule has 1 amide bonds. The van der Waals surface area contributed by atoms with Crippen LogP contribution < -0.4 is 10.1 Å². The summed E-state index contributed by atoms with van der Waals surface area (Å²) in [5.74, 6) is 0.768. The molecule has 28 heavy (non-hydrogen) atoms. The highest BCUT2D eigenvalue weighted by molar-refractivity contribution is 7.98. The van der Waals surface area contributed by atoms with Crippen LogP contribution in [0.2, 0.25) is 0 Å². The van der Waals surface area contributed by atoms with Gasteiger partial charge in [0.1, 0.15) is 5.75 Å². The summed E-state index contributed by atoms with van der Waals surface area (Å²) < 4.78 is 7.19. The van der Waals surface area contributed by atoms with E-state index in [1.165, 1.54) is 16.2 Å². The minimum absolute atomic E-state index is 0.0451. The minimum Gasteiger partial charge on any atom is -0.497 e. The Balaban J connectivity index is 1.50. The predicted octanol–water partition coefficient (Wildman–Crippen LogP) is 4.97. The van der Waals surface area contributed by atoms with Crippen molar-refractivity contribution in [3.63, 3.8) is 0 Å². The smallest absolute Gasteiger partial charge is 0.230 e. The Labute approximate surface area is 171 Å². The summed E-state index contributed by atoms with van der Waals surface area (Å²) in [6.45, 7) is 0. The SMILES string of the molecule is COc1ccc(-c2cn3c(CC(=O)Nc4ccc(SC)cc4)csc3n2)cc1. The van der Waals surface area contributed by atoms with Gasteiger partial charge in [0, 0.05) is 33.4 Å². The molecule has 0 radical (unpaired) electrons. The number of imidazole rings is 1. The molecule has 0 spiro atoms. The number of anilines is 1. The Hall–Kier alpha value is -2.77. The van der Waals surface area contributed by atoms with Gasteiger partial charge in [-0.25, -0.2) is 4.98 Å². The van der Waals surface area contributed by atoms with Crippen molar-refractivity contribution in [3.8, 4) is 17.0 Å². The number of rotatable bonds is 6. The number of fused-ring (bicyclic) bond motifs is 1. The third-order valence-corrected chi connectivity index (χ3v) is 6.02. The number of aromatic nitrogens is 2. The second kappa shape index (κ2) is 8.08. The maximum atomic E-state index is 12.5. The second-order valence-electron chi connectivity index (χ2n) is 6.19. The largest absolute Gasteiger partial charge is 0.497 e. The minimum atomic E-state index is -0.0451. The maximum absolute atomic E-state index is 12.5. The topological polar surface area (TPSA) is 55.6 Å². The Bertz CT molecular complexity index is 1100. The Morgan fingerprint density at radius 2 is 1.93 bits per heavy atom. The average Bonchev–Trinajstić information content (AvgIpc) is 3.30. The van der Waals surface area contributed by atoms with Crippen molar-refractivity contribution in [1.82, 2.24) is 9.38 Å². The molecule has 2 aromatic heterocycles. The van der Waals surface area contributed by atoms with Crippen molar-refractivity contribution in [2.75, 3.05) is 18.7 Å². The van der Waals surface area contributed by atoms with E-state index in [1.807, 2.05) is 70.8 Å². The number of carbonyl (C=O) groups excluding carboxylic acids is 1. The predicted molar refractivity (Wildman–Crippen MR) is 116 cm³/mol. The zero-order valence-corrected chi connectivity index (χ0v) is 17.1. The molecule has 0 bridgehead atoms. The van der Waals surface area contributed by atoms with E-state index in [0.717, 1.165) is 33.3 Å². The van der Waals surface area contributed by atoms with Crippen molar-refractivity contribution in [3.05, 3.63) is 65.8 Å². The molecule has 142 valence electrons. The van der Waals surface area contributed by atoms with E-state index in [0.29, 0.717) is 6.42 Å². The molecule has 2 aromatic carbocycles. The normalized spacial score (nSPS) is 10.9. The maximum Gasteiger partial charge on any atom is 0.230 e. The number of benzene rings is 2. The van der Waals surface area contributed by atoms with Gasteiger partial charge in [0.2, 0.25) is 5.91 Å². The highest BCUT2D eigenvalue weighted by atomic mass is 32.2. The number of hydrogen-bond donors (Lipinski definition) is 1. The molecule has 2 heterocycles. The van der Waals surface area contributed by atoms with Crippen LogP contribution in [0.4, 0.5) is 5.69 Å². The lowest BCUT2D eigenvalue weighted by atomic mass is 10.2. The van der Waals surface area contributed by atoms with Crippen LogP contribution in [0.5, 0.6) is 5.75 Å². The zero-order chi connectivity index (χ0) is 19.5. The van der Waals surface area contributed by atoms with Crippen LogP contribution in [0.3, 0.4) is 0 Å². The van der Waals surface area contributed by atoms with Gasteiger partial charge in [-0.2, -0.15) is 0 Å². The molecule has 4 rings (SSSR count). The molecule has 5 nitrogen and oxygen atoms in total. The monoisotopic (exact) mass is 409 g/mol. The number of amides is 1. The molecule has 4 aromatic rings. The number of nitrogens with one attached hydrogen (secondary N) is 1. The summed E-state index contributed by atoms with van der Waals surface area (Å²) in [5.41, 5.74) is 3.62. The van der Waals surface area contributed by atoms with Gasteiger partial charge < -0.3 is 10.1 Å². The Morgan fingerprint density at radius 1 is 1.18 bits per heavy atom. The first-order chi connectivity index (χ1) is 13.7. The lowest BCUT2D eigenvalue weighted by molar-refractivity contribution is -0.115. The van der Waals surface area contributed by atoms with Gasteiger partial charge in [0.25, 0.3) is 0 Å². The van der Waals surface area contributed by atoms with Crippen LogP contribution in [0, 0.1) is 0 Å². The molecule has 0 saturated heterocycles. The van der Waals surface area contributed by atoms with Gasteiger partial charge >= 0.3 is 0 Å². The number of thiazole rings is 1. The van der Waals surface area contributed by atoms with Gasteiger partial charge in [-0.1, -0.05) is 0 Å². The summed E-state index contributed by atoms with van der Waals surface area (Å²) in [5, 5.41) is 4.94. The highest BCUT2D eigenvalue weighted by Crippen LogP contribution is 2.26. The van der Waals surface area contributed by atoms with Crippen LogP contribution in [0.1, 0.15) is 5.69 Å². The lowest BCUT2D eigenvalue weighted by Gasteiger charge is -2.05. The van der Waals surface area contributed by atoms with Crippen LogP contribution in [0.25, 0.3) is 16.2 Å². The highest BCUT2D eigenvalue weighted by Gasteiger charge is 2.13. The van der Waals surface area contributed by atoms with E-state index in [4.69, 9.17) is 4.74 Å². The third kappa shape index (κ3) is 3.90. The van der Waals surface area contributed by atoms with Crippen molar-refractivity contribution in [2.24, 2.45) is 0 Å². The van der Waals surface area contributed by atoms with E-state index in [2.05, 4.69) is 10.3 Å². The molecule has 0 saturated carbocycles. The number of hydrogen-bond acceptors (Lipinski definition) is 5. The van der Waals surface area contributed by atoms with Crippen LogP contribution in [-0.4, -0.2) is 28.7 Å². The fraction of sp³-hybridized carbons (Fsp3) is 0.143. The molecular formula is C21H19N3O2S2. The van der Waals surface area contributed by atoms with E-state index in [9.17, 15) is 4.79 Å². The van der Waals surface area contributed by atoms with E-state index < -0.39 is 0 Å². The molecule has 0 aliphatic carbocycles. The van der Waals surface area contributed by atoms with Crippen molar-refractivity contribution < 1.29 is 9.53 Å². The Kier molecular flexibility index (Phi) is 5.36. The van der Waals surface area contributed by atoms with Crippen LogP contribution in [0.15, 0.2) is 65.0 Å². The van der Waals surface area contributed by atoms with Crippen molar-refractivity contribution >= 4 is 39.7 Å². The van der Waals surface area contributed by atoms with Crippen molar-refractivity contribution in [2.45, 2.75) is 11.3 Å². The van der Waals surface area contributed by atoms with Gasteiger partial charge in [0.05, 0.1) is 19.2 Å². The Morgan fingerprint density at radius 3 is 2.61 bits per heavy atom. The van der Waals surface area contributed by atoms with E-state index in [-0.39, 0.29) is 5.91 Å². The first-order valence-corrected chi connectivity index (χ1v) is 10.8. The molecule has 1 N–H and O–H groups in total. The summed E-state index contributed by atoms with van der Waals surface area (Å²) in [7, 11) is 1.65. The summed E-state index contributed by atoms with van der Waals surface area (Å²) in [4.78, 5) is 19.2. The van der Waals surface area contributed by atoms with Gasteiger partial charge in [-0.3, -0.25) is 9.20 Å². The summed E-state index contributed by atoms with van der Waals surface area (Å²) in [6, 6.07) is 15.6.